The maximum absolute atomic E-state index is 10.9. The summed E-state index contributed by atoms with van der Waals surface area (Å²) >= 11 is 5.53. The van der Waals surface area contributed by atoms with E-state index in [0.717, 1.165) is 16.1 Å². The van der Waals surface area contributed by atoms with Crippen LogP contribution in [0.15, 0.2) is 23.1 Å². The molecule has 2 rings (SSSR count). The zero-order valence-electron chi connectivity index (χ0n) is 7.41. The first kappa shape index (κ1) is 10.4. The lowest BCUT2D eigenvalue weighted by Crippen LogP contribution is -1.77. The molecule has 0 saturated carbocycles. The topological polar surface area (TPSA) is 17.1 Å². The van der Waals surface area contributed by atoms with Crippen LogP contribution in [0.25, 0.3) is 10.1 Å². The number of carbonyl (C=O) groups is 1. The van der Waals surface area contributed by atoms with E-state index < -0.39 is 0 Å². The average Bonchev–Trinajstić information content (AvgIpc) is 2.56. The number of halogens is 1. The van der Waals surface area contributed by atoms with Crippen LogP contribution in [0.3, 0.4) is 0 Å². The van der Waals surface area contributed by atoms with Gasteiger partial charge in [-0.15, -0.1) is 23.1 Å². The lowest BCUT2D eigenvalue weighted by atomic mass is 10.2. The molecule has 0 N–H and O–H groups in total. The Morgan fingerprint density at radius 2 is 2.29 bits per heavy atom. The summed E-state index contributed by atoms with van der Waals surface area (Å²) in [6, 6.07) is 6.16. The second-order valence-electron chi connectivity index (χ2n) is 2.73. The van der Waals surface area contributed by atoms with Crippen LogP contribution < -0.4 is 0 Å². The molecule has 0 spiro atoms. The highest BCUT2D eigenvalue weighted by atomic mass is 127. The Bertz CT molecular complexity index is 490. The largest absolute Gasteiger partial charge is 0.297 e. The fraction of sp³-hybridized carbons (Fsp3) is 0.100. The maximum Gasteiger partial charge on any atom is 0.161 e. The molecule has 4 heteroatoms. The SMILES string of the molecule is CSc1c(C=O)sc2cccc(I)c12. The third kappa shape index (κ3) is 1.59. The van der Waals surface area contributed by atoms with Gasteiger partial charge in [-0.3, -0.25) is 4.79 Å². The van der Waals surface area contributed by atoms with Crippen molar-refractivity contribution in [1.29, 1.82) is 0 Å². The minimum Gasteiger partial charge on any atom is -0.297 e. The highest BCUT2D eigenvalue weighted by molar-refractivity contribution is 14.1. The number of hydrogen-bond acceptors (Lipinski definition) is 3. The van der Waals surface area contributed by atoms with Crippen LogP contribution in [0.1, 0.15) is 9.67 Å². The van der Waals surface area contributed by atoms with Gasteiger partial charge in [-0.2, -0.15) is 0 Å². The van der Waals surface area contributed by atoms with Gasteiger partial charge in [0.25, 0.3) is 0 Å². The van der Waals surface area contributed by atoms with Crippen LogP contribution in [0.2, 0.25) is 0 Å². The molecule has 14 heavy (non-hydrogen) atoms. The van der Waals surface area contributed by atoms with Gasteiger partial charge in [0.2, 0.25) is 0 Å². The third-order valence-corrected chi connectivity index (χ3v) is 4.90. The smallest absolute Gasteiger partial charge is 0.161 e. The predicted molar refractivity (Wildman–Crippen MR) is 71.7 cm³/mol. The lowest BCUT2D eigenvalue weighted by molar-refractivity contribution is 0.112. The monoisotopic (exact) mass is 334 g/mol. The summed E-state index contributed by atoms with van der Waals surface area (Å²) in [6.45, 7) is 0. The summed E-state index contributed by atoms with van der Waals surface area (Å²) in [4.78, 5) is 12.8. The van der Waals surface area contributed by atoms with Gasteiger partial charge < -0.3 is 0 Å². The zero-order chi connectivity index (χ0) is 10.1. The molecule has 1 heterocycles. The highest BCUT2D eigenvalue weighted by Gasteiger charge is 2.12. The lowest BCUT2D eigenvalue weighted by Gasteiger charge is -1.97. The zero-order valence-corrected chi connectivity index (χ0v) is 11.2. The van der Waals surface area contributed by atoms with Crippen molar-refractivity contribution in [3.8, 4) is 0 Å². The Kier molecular flexibility index (Phi) is 3.14. The molecule has 0 bridgehead atoms. The number of benzene rings is 1. The van der Waals surface area contributed by atoms with E-state index in [1.165, 1.54) is 13.7 Å². The van der Waals surface area contributed by atoms with Crippen molar-refractivity contribution >= 4 is 62.1 Å². The standard InChI is InChI=1S/C10H7IOS2/c1-13-10-8(5-12)14-7-4-2-3-6(11)9(7)10/h2-5H,1H3. The molecule has 0 saturated heterocycles. The van der Waals surface area contributed by atoms with Gasteiger partial charge in [0, 0.05) is 18.6 Å². The number of fused-ring (bicyclic) bond motifs is 1. The van der Waals surface area contributed by atoms with E-state index in [1.54, 1.807) is 23.1 Å². The Hall–Kier alpha value is -0.0700. The molecule has 72 valence electrons. The first-order valence-corrected chi connectivity index (χ1v) is 7.10. The number of hydrogen-bond donors (Lipinski definition) is 0. The summed E-state index contributed by atoms with van der Waals surface area (Å²) in [5, 5.41) is 1.23. The number of thiophene rings is 1. The normalized spacial score (nSPS) is 10.7. The molecular weight excluding hydrogens is 327 g/mol. The van der Waals surface area contributed by atoms with E-state index in [1.807, 2.05) is 12.3 Å². The van der Waals surface area contributed by atoms with Crippen LogP contribution in [-0.4, -0.2) is 12.5 Å². The average molecular weight is 334 g/mol. The van der Waals surface area contributed by atoms with Gasteiger partial charge in [-0.25, -0.2) is 0 Å². The molecule has 0 atom stereocenters. The van der Waals surface area contributed by atoms with Gasteiger partial charge in [-0.1, -0.05) is 6.07 Å². The number of rotatable bonds is 2. The predicted octanol–water partition coefficient (Wildman–Crippen LogP) is 4.04. The molecule has 2 aromatic rings. The molecule has 0 unspecified atom stereocenters. The van der Waals surface area contributed by atoms with E-state index in [9.17, 15) is 4.79 Å². The van der Waals surface area contributed by atoms with E-state index >= 15 is 0 Å². The summed E-state index contributed by atoms with van der Waals surface area (Å²) < 4.78 is 2.41. The van der Waals surface area contributed by atoms with Crippen molar-refractivity contribution in [2.24, 2.45) is 0 Å². The van der Waals surface area contributed by atoms with Crippen LogP contribution >= 0.6 is 45.7 Å². The Balaban J connectivity index is 2.88. The molecule has 0 aliphatic rings. The van der Waals surface area contributed by atoms with Crippen LogP contribution in [0, 0.1) is 3.57 Å². The first-order valence-electron chi connectivity index (χ1n) is 3.98. The fourth-order valence-electron chi connectivity index (χ4n) is 1.38. The Morgan fingerprint density at radius 3 is 2.93 bits per heavy atom. The third-order valence-electron chi connectivity index (χ3n) is 1.96. The van der Waals surface area contributed by atoms with E-state index in [2.05, 4.69) is 34.7 Å². The second kappa shape index (κ2) is 4.20. The number of carbonyl (C=O) groups excluding carboxylic acids is 1. The van der Waals surface area contributed by atoms with Crippen LogP contribution in [0.4, 0.5) is 0 Å². The summed E-state index contributed by atoms with van der Waals surface area (Å²) in [7, 11) is 0. The summed E-state index contributed by atoms with van der Waals surface area (Å²) in [6.07, 6.45) is 2.96. The Morgan fingerprint density at radius 1 is 1.50 bits per heavy atom. The minimum atomic E-state index is 0.844. The van der Waals surface area contributed by atoms with E-state index in [4.69, 9.17) is 0 Å². The van der Waals surface area contributed by atoms with E-state index in [0.29, 0.717) is 0 Å². The van der Waals surface area contributed by atoms with Crippen molar-refractivity contribution in [3.05, 3.63) is 26.6 Å². The van der Waals surface area contributed by atoms with Crippen molar-refractivity contribution in [3.63, 3.8) is 0 Å². The Labute approximate surface area is 104 Å². The van der Waals surface area contributed by atoms with Crippen molar-refractivity contribution in [2.45, 2.75) is 4.90 Å². The maximum atomic E-state index is 10.9. The molecule has 0 radical (unpaired) electrons. The fourth-order valence-corrected chi connectivity index (χ4v) is 4.57. The van der Waals surface area contributed by atoms with Crippen LogP contribution in [0.5, 0.6) is 0 Å². The van der Waals surface area contributed by atoms with Gasteiger partial charge >= 0.3 is 0 Å². The molecular formula is C10H7IOS2. The molecule has 1 aromatic heterocycles. The number of thioether (sulfide) groups is 1. The summed E-state index contributed by atoms with van der Waals surface area (Å²) in [5.41, 5.74) is 0. The van der Waals surface area contributed by atoms with Crippen molar-refractivity contribution in [2.75, 3.05) is 6.26 Å². The van der Waals surface area contributed by atoms with Crippen molar-refractivity contribution < 1.29 is 4.79 Å². The van der Waals surface area contributed by atoms with Gasteiger partial charge in [0.1, 0.15) is 0 Å². The molecule has 1 aromatic carbocycles. The molecule has 0 aliphatic heterocycles. The molecule has 0 fully saturated rings. The molecule has 0 amide bonds. The van der Waals surface area contributed by atoms with Gasteiger partial charge in [0.15, 0.2) is 6.29 Å². The molecule has 0 aliphatic carbocycles. The first-order chi connectivity index (χ1) is 6.77. The van der Waals surface area contributed by atoms with Crippen LogP contribution in [-0.2, 0) is 0 Å². The van der Waals surface area contributed by atoms with Gasteiger partial charge in [-0.05, 0) is 41.0 Å². The number of aldehydes is 1. The summed E-state index contributed by atoms with van der Waals surface area (Å²) in [5.74, 6) is 0. The molecule has 1 nitrogen and oxygen atoms in total. The van der Waals surface area contributed by atoms with Gasteiger partial charge in [0.05, 0.1) is 4.88 Å². The minimum absolute atomic E-state index is 0.844. The van der Waals surface area contributed by atoms with Crippen molar-refractivity contribution in [1.82, 2.24) is 0 Å². The second-order valence-corrected chi connectivity index (χ2v) is 5.79. The highest BCUT2D eigenvalue weighted by Crippen LogP contribution is 2.38. The quantitative estimate of drug-likeness (QED) is 0.468. The van der Waals surface area contributed by atoms with E-state index in [-0.39, 0.29) is 0 Å².